The molecule has 2 heterocycles. The monoisotopic (exact) mass is 558 g/mol. The van der Waals surface area contributed by atoms with Gasteiger partial charge in [-0.25, -0.2) is 4.98 Å². The van der Waals surface area contributed by atoms with Crippen LogP contribution in [0.2, 0.25) is 0 Å². The number of imidazole rings is 1. The quantitative estimate of drug-likeness (QED) is 0.267. The molecule has 1 fully saturated rings. The third-order valence-electron chi connectivity index (χ3n) is 7.10. The average molecular weight is 560 g/mol. The molecule has 1 unspecified atom stereocenters. The van der Waals surface area contributed by atoms with E-state index in [4.69, 9.17) is 4.98 Å². The van der Waals surface area contributed by atoms with Crippen molar-refractivity contribution in [2.45, 2.75) is 32.9 Å². The van der Waals surface area contributed by atoms with Gasteiger partial charge in [0.05, 0.1) is 17.8 Å². The number of H-pyrrole nitrogens is 1. The van der Waals surface area contributed by atoms with E-state index < -0.39 is 0 Å². The Kier molecular flexibility index (Phi) is 11.7. The Hall–Kier alpha value is -2.34. The van der Waals surface area contributed by atoms with Gasteiger partial charge < -0.3 is 4.98 Å². The zero-order chi connectivity index (χ0) is 23.5. The SMILES string of the molecule is Cc1cccc(-c2nc(C(C)N3CCN(C(c4ccccc4)c4ccccc4)CC3)c(C)[nH]2)c1.Cl.Cl.Cl. The summed E-state index contributed by atoms with van der Waals surface area (Å²) in [5.74, 6) is 0.968. The topological polar surface area (TPSA) is 35.2 Å². The molecule has 0 saturated carbocycles. The highest BCUT2D eigenvalue weighted by molar-refractivity contribution is 5.86. The average Bonchev–Trinajstić information content (AvgIpc) is 3.27. The van der Waals surface area contributed by atoms with E-state index >= 15 is 0 Å². The Labute approximate surface area is 239 Å². The van der Waals surface area contributed by atoms with Crippen LogP contribution in [-0.2, 0) is 0 Å². The molecular formula is C30H37Cl3N4. The summed E-state index contributed by atoms with van der Waals surface area (Å²) in [6, 6.07) is 30.9. The van der Waals surface area contributed by atoms with Crippen LogP contribution < -0.4 is 0 Å². The lowest BCUT2D eigenvalue weighted by atomic mass is 9.96. The van der Waals surface area contributed by atoms with Crippen molar-refractivity contribution in [1.82, 2.24) is 19.8 Å². The zero-order valence-corrected chi connectivity index (χ0v) is 24.1. The first-order chi connectivity index (χ1) is 16.6. The van der Waals surface area contributed by atoms with Gasteiger partial charge in [0.15, 0.2) is 0 Å². The van der Waals surface area contributed by atoms with Crippen LogP contribution in [0.15, 0.2) is 84.9 Å². The number of hydrogen-bond donors (Lipinski definition) is 1. The van der Waals surface area contributed by atoms with Gasteiger partial charge in [0.2, 0.25) is 0 Å². The molecular weight excluding hydrogens is 523 g/mol. The molecule has 0 radical (unpaired) electrons. The van der Waals surface area contributed by atoms with Gasteiger partial charge in [-0.1, -0.05) is 84.4 Å². The molecule has 1 saturated heterocycles. The minimum absolute atomic E-state index is 0. The van der Waals surface area contributed by atoms with Gasteiger partial charge in [-0.05, 0) is 38.0 Å². The second-order valence-electron chi connectivity index (χ2n) is 9.44. The van der Waals surface area contributed by atoms with Crippen molar-refractivity contribution < 1.29 is 0 Å². The lowest BCUT2D eigenvalue weighted by molar-refractivity contribution is 0.0826. The molecule has 37 heavy (non-hydrogen) atoms. The maximum Gasteiger partial charge on any atom is 0.137 e. The molecule has 1 aromatic heterocycles. The molecule has 4 nitrogen and oxygen atoms in total. The highest BCUT2D eigenvalue weighted by Gasteiger charge is 2.29. The van der Waals surface area contributed by atoms with Gasteiger partial charge in [-0.15, -0.1) is 37.2 Å². The van der Waals surface area contributed by atoms with Crippen LogP contribution in [0.1, 0.15) is 47.1 Å². The largest absolute Gasteiger partial charge is 0.342 e. The zero-order valence-electron chi connectivity index (χ0n) is 21.6. The molecule has 7 heteroatoms. The summed E-state index contributed by atoms with van der Waals surface area (Å²) in [5.41, 5.74) is 7.45. The molecule has 5 rings (SSSR count). The third-order valence-corrected chi connectivity index (χ3v) is 7.10. The fraction of sp³-hybridized carbons (Fsp3) is 0.300. The van der Waals surface area contributed by atoms with Gasteiger partial charge in [0, 0.05) is 37.4 Å². The molecule has 4 aromatic rings. The smallest absolute Gasteiger partial charge is 0.137 e. The van der Waals surface area contributed by atoms with E-state index in [0.717, 1.165) is 49.0 Å². The normalized spacial score (nSPS) is 14.8. The van der Waals surface area contributed by atoms with Crippen molar-refractivity contribution in [3.8, 4) is 11.4 Å². The maximum absolute atomic E-state index is 5.03. The van der Waals surface area contributed by atoms with Gasteiger partial charge >= 0.3 is 0 Å². The summed E-state index contributed by atoms with van der Waals surface area (Å²) in [6.07, 6.45) is 0. The fourth-order valence-corrected chi connectivity index (χ4v) is 5.25. The van der Waals surface area contributed by atoms with Crippen molar-refractivity contribution in [1.29, 1.82) is 0 Å². The lowest BCUT2D eigenvalue weighted by Gasteiger charge is -2.41. The Morgan fingerprint density at radius 1 is 0.703 bits per heavy atom. The van der Waals surface area contributed by atoms with E-state index in [1.165, 1.54) is 16.7 Å². The Bertz CT molecular complexity index is 1180. The van der Waals surface area contributed by atoms with Gasteiger partial charge in [0.1, 0.15) is 5.82 Å². The molecule has 1 atom stereocenters. The standard InChI is InChI=1S/C30H34N4.3ClH/c1-22-11-10-16-27(21-22)30-31-23(2)28(32-30)24(3)33-17-19-34(20-18-33)29(25-12-6-4-7-13-25)26-14-8-5-9-15-26;;;/h4-16,21,24,29H,17-20H2,1-3H3,(H,31,32);3*1H. The summed E-state index contributed by atoms with van der Waals surface area (Å²) >= 11 is 0. The highest BCUT2D eigenvalue weighted by atomic mass is 35.5. The fourth-order valence-electron chi connectivity index (χ4n) is 5.25. The molecule has 3 aromatic carbocycles. The maximum atomic E-state index is 5.03. The number of aryl methyl sites for hydroxylation is 2. The van der Waals surface area contributed by atoms with E-state index in [-0.39, 0.29) is 43.3 Å². The van der Waals surface area contributed by atoms with E-state index in [1.807, 2.05) is 0 Å². The summed E-state index contributed by atoms with van der Waals surface area (Å²) in [5, 5.41) is 0. The van der Waals surface area contributed by atoms with Crippen molar-refractivity contribution in [2.75, 3.05) is 26.2 Å². The second-order valence-corrected chi connectivity index (χ2v) is 9.44. The van der Waals surface area contributed by atoms with Gasteiger partial charge in [-0.3, -0.25) is 9.80 Å². The number of nitrogens with one attached hydrogen (secondary N) is 1. The molecule has 0 amide bonds. The predicted octanol–water partition coefficient (Wildman–Crippen LogP) is 7.43. The summed E-state index contributed by atoms with van der Waals surface area (Å²) in [7, 11) is 0. The van der Waals surface area contributed by atoms with Crippen LogP contribution in [0.25, 0.3) is 11.4 Å². The Morgan fingerprint density at radius 3 is 1.78 bits per heavy atom. The Morgan fingerprint density at radius 2 is 1.24 bits per heavy atom. The number of aromatic nitrogens is 2. The number of piperazine rings is 1. The van der Waals surface area contributed by atoms with Crippen LogP contribution in [-0.4, -0.2) is 45.9 Å². The lowest BCUT2D eigenvalue weighted by Crippen LogP contribution is -2.48. The van der Waals surface area contributed by atoms with Crippen molar-refractivity contribution in [2.24, 2.45) is 0 Å². The number of hydrogen-bond acceptors (Lipinski definition) is 3. The third kappa shape index (κ3) is 6.95. The number of rotatable bonds is 6. The minimum atomic E-state index is 0. The van der Waals surface area contributed by atoms with Crippen LogP contribution >= 0.6 is 37.2 Å². The van der Waals surface area contributed by atoms with E-state index in [9.17, 15) is 0 Å². The van der Waals surface area contributed by atoms with E-state index in [1.54, 1.807) is 0 Å². The van der Waals surface area contributed by atoms with Gasteiger partial charge in [0.25, 0.3) is 0 Å². The minimum Gasteiger partial charge on any atom is -0.342 e. The van der Waals surface area contributed by atoms with E-state index in [2.05, 4.69) is 120 Å². The first kappa shape index (κ1) is 30.9. The molecule has 1 N–H and O–H groups in total. The first-order valence-electron chi connectivity index (χ1n) is 12.3. The number of aromatic amines is 1. The first-order valence-corrected chi connectivity index (χ1v) is 12.3. The van der Waals surface area contributed by atoms with Crippen molar-refractivity contribution >= 4 is 37.2 Å². The van der Waals surface area contributed by atoms with E-state index in [0.29, 0.717) is 6.04 Å². The molecule has 1 aliphatic heterocycles. The van der Waals surface area contributed by atoms with Crippen LogP contribution in [0.4, 0.5) is 0 Å². The predicted molar refractivity (Wildman–Crippen MR) is 162 cm³/mol. The molecule has 1 aliphatic rings. The van der Waals surface area contributed by atoms with Crippen LogP contribution in [0.5, 0.6) is 0 Å². The molecule has 0 aliphatic carbocycles. The number of benzene rings is 3. The summed E-state index contributed by atoms with van der Waals surface area (Å²) < 4.78 is 0. The van der Waals surface area contributed by atoms with Crippen molar-refractivity contribution in [3.63, 3.8) is 0 Å². The number of halogens is 3. The van der Waals surface area contributed by atoms with Crippen LogP contribution in [0.3, 0.4) is 0 Å². The molecule has 0 bridgehead atoms. The number of nitrogens with zero attached hydrogens (tertiary/aromatic N) is 3. The molecule has 198 valence electrons. The summed E-state index contributed by atoms with van der Waals surface area (Å²) in [6.45, 7) is 10.7. The van der Waals surface area contributed by atoms with Gasteiger partial charge in [-0.2, -0.15) is 0 Å². The molecule has 0 spiro atoms. The van der Waals surface area contributed by atoms with Crippen molar-refractivity contribution in [3.05, 3.63) is 113 Å². The Balaban J connectivity index is 0.00000160. The van der Waals surface area contributed by atoms with Crippen LogP contribution in [0, 0.1) is 13.8 Å². The highest BCUT2D eigenvalue weighted by Crippen LogP contribution is 2.32. The second kappa shape index (κ2) is 14.0. The summed E-state index contributed by atoms with van der Waals surface area (Å²) in [4.78, 5) is 13.8.